The molecule has 0 heterocycles. The third kappa shape index (κ3) is 6.99. The first-order valence-electron chi connectivity index (χ1n) is 6.61. The summed E-state index contributed by atoms with van der Waals surface area (Å²) in [5, 5.41) is 2.61. The highest BCUT2D eigenvalue weighted by atomic mass is 19.4. The van der Waals surface area contributed by atoms with Gasteiger partial charge in [-0.2, -0.15) is 13.2 Å². The Labute approximate surface area is 121 Å². The molecule has 0 aromatic heterocycles. The molecule has 0 saturated heterocycles. The average Bonchev–Trinajstić information content (AvgIpc) is 2.41. The lowest BCUT2D eigenvalue weighted by molar-refractivity contribution is -0.137. The van der Waals surface area contributed by atoms with Crippen molar-refractivity contribution in [1.82, 2.24) is 5.32 Å². The van der Waals surface area contributed by atoms with E-state index >= 15 is 0 Å². The van der Waals surface area contributed by atoms with Crippen LogP contribution >= 0.6 is 0 Å². The summed E-state index contributed by atoms with van der Waals surface area (Å²) in [5.41, 5.74) is 4.76. The van der Waals surface area contributed by atoms with Crippen molar-refractivity contribution in [2.75, 3.05) is 13.2 Å². The predicted octanol–water partition coefficient (Wildman–Crippen LogP) is 2.33. The van der Waals surface area contributed by atoms with E-state index in [1.165, 1.54) is 12.1 Å². The summed E-state index contributed by atoms with van der Waals surface area (Å²) in [6.07, 6.45) is -3.49. The lowest BCUT2D eigenvalue weighted by Gasteiger charge is -2.11. The highest BCUT2D eigenvalue weighted by molar-refractivity contribution is 5.75. The summed E-state index contributed by atoms with van der Waals surface area (Å²) in [5.74, 6) is -0.0328. The molecule has 0 aliphatic rings. The second-order valence-corrected chi connectivity index (χ2v) is 4.74. The second-order valence-electron chi connectivity index (χ2n) is 4.74. The molecule has 1 unspecified atom stereocenters. The summed E-state index contributed by atoms with van der Waals surface area (Å²) in [7, 11) is 0. The zero-order valence-corrected chi connectivity index (χ0v) is 11.7. The van der Waals surface area contributed by atoms with Crippen molar-refractivity contribution >= 4 is 5.91 Å². The van der Waals surface area contributed by atoms with Crippen LogP contribution in [-0.4, -0.2) is 25.1 Å². The number of amides is 1. The number of alkyl halides is 3. The molecule has 1 rings (SSSR count). The smallest absolute Gasteiger partial charge is 0.416 e. The lowest BCUT2D eigenvalue weighted by atomic mass is 10.2. The van der Waals surface area contributed by atoms with Crippen LogP contribution < -0.4 is 15.8 Å². The minimum Gasteiger partial charge on any atom is -0.492 e. The Morgan fingerprint density at radius 3 is 2.76 bits per heavy atom. The Morgan fingerprint density at radius 2 is 2.14 bits per heavy atom. The Bertz CT molecular complexity index is 462. The van der Waals surface area contributed by atoms with E-state index in [9.17, 15) is 18.0 Å². The first-order valence-corrected chi connectivity index (χ1v) is 6.61. The minimum absolute atomic E-state index is 0.0443. The summed E-state index contributed by atoms with van der Waals surface area (Å²) in [4.78, 5) is 11.4. The van der Waals surface area contributed by atoms with E-state index in [1.807, 2.05) is 6.92 Å². The van der Waals surface area contributed by atoms with Gasteiger partial charge in [0.1, 0.15) is 12.4 Å². The molecule has 0 aliphatic carbocycles. The Kier molecular flexibility index (Phi) is 6.48. The van der Waals surface area contributed by atoms with Gasteiger partial charge in [0.2, 0.25) is 5.91 Å². The van der Waals surface area contributed by atoms with Crippen LogP contribution in [0, 0.1) is 0 Å². The van der Waals surface area contributed by atoms with Gasteiger partial charge in [0.15, 0.2) is 0 Å². The molecule has 21 heavy (non-hydrogen) atoms. The molecule has 1 aromatic carbocycles. The number of nitrogens with two attached hydrogens (primary N) is 1. The van der Waals surface area contributed by atoms with Crippen molar-refractivity contribution < 1.29 is 22.7 Å². The van der Waals surface area contributed by atoms with Gasteiger partial charge in [0.25, 0.3) is 0 Å². The van der Waals surface area contributed by atoms with Gasteiger partial charge in [-0.25, -0.2) is 0 Å². The first-order chi connectivity index (χ1) is 9.79. The lowest BCUT2D eigenvalue weighted by Crippen LogP contribution is -2.29. The maximum absolute atomic E-state index is 12.5. The Morgan fingerprint density at radius 1 is 1.43 bits per heavy atom. The van der Waals surface area contributed by atoms with Crippen molar-refractivity contribution in [2.24, 2.45) is 5.73 Å². The van der Waals surface area contributed by atoms with E-state index in [0.717, 1.165) is 12.1 Å². The third-order valence-electron chi connectivity index (χ3n) is 2.68. The van der Waals surface area contributed by atoms with Gasteiger partial charge in [-0.15, -0.1) is 0 Å². The van der Waals surface area contributed by atoms with E-state index in [-0.39, 0.29) is 30.9 Å². The van der Waals surface area contributed by atoms with E-state index in [0.29, 0.717) is 12.8 Å². The third-order valence-corrected chi connectivity index (χ3v) is 2.68. The van der Waals surface area contributed by atoms with E-state index < -0.39 is 11.7 Å². The van der Waals surface area contributed by atoms with Crippen molar-refractivity contribution in [3.63, 3.8) is 0 Å². The van der Waals surface area contributed by atoms with E-state index in [4.69, 9.17) is 10.5 Å². The fourth-order valence-corrected chi connectivity index (χ4v) is 1.57. The molecule has 0 radical (unpaired) electrons. The fourth-order valence-electron chi connectivity index (χ4n) is 1.57. The quantitative estimate of drug-likeness (QED) is 0.760. The number of hydrogen-bond acceptors (Lipinski definition) is 3. The van der Waals surface area contributed by atoms with Crippen LogP contribution in [0.2, 0.25) is 0 Å². The molecule has 0 spiro atoms. The van der Waals surface area contributed by atoms with Gasteiger partial charge in [0, 0.05) is 12.5 Å². The number of ether oxygens (including phenoxy) is 1. The predicted molar refractivity (Wildman–Crippen MR) is 72.8 cm³/mol. The average molecular weight is 304 g/mol. The number of carbonyl (C=O) groups is 1. The van der Waals surface area contributed by atoms with Crippen LogP contribution in [0.4, 0.5) is 13.2 Å². The maximum atomic E-state index is 12.5. The molecular weight excluding hydrogens is 285 g/mol. The van der Waals surface area contributed by atoms with Crippen LogP contribution in [0.5, 0.6) is 5.75 Å². The Hall–Kier alpha value is -1.76. The van der Waals surface area contributed by atoms with Crippen LogP contribution in [-0.2, 0) is 11.0 Å². The number of halogens is 3. The molecule has 0 aliphatic heterocycles. The monoisotopic (exact) mass is 304 g/mol. The molecular formula is C14H19F3N2O2. The molecule has 1 atom stereocenters. The van der Waals surface area contributed by atoms with Crippen molar-refractivity contribution in [3.05, 3.63) is 29.8 Å². The normalized spacial score (nSPS) is 12.8. The molecule has 0 fully saturated rings. The molecule has 0 saturated carbocycles. The maximum Gasteiger partial charge on any atom is 0.416 e. The van der Waals surface area contributed by atoms with Crippen LogP contribution in [0.1, 0.15) is 25.3 Å². The minimum atomic E-state index is -4.40. The Balaban J connectivity index is 2.32. The highest BCUT2D eigenvalue weighted by Crippen LogP contribution is 2.31. The summed E-state index contributed by atoms with van der Waals surface area (Å²) in [6, 6.07) is 4.57. The van der Waals surface area contributed by atoms with Crippen molar-refractivity contribution in [1.29, 1.82) is 0 Å². The topological polar surface area (TPSA) is 64.4 Å². The molecule has 1 aromatic rings. The number of rotatable bonds is 7. The molecule has 1 amide bonds. The summed E-state index contributed by atoms with van der Waals surface area (Å²) < 4.78 is 42.6. The van der Waals surface area contributed by atoms with Gasteiger partial charge in [-0.3, -0.25) is 4.79 Å². The largest absolute Gasteiger partial charge is 0.492 e. The van der Waals surface area contributed by atoms with Gasteiger partial charge in [-0.05, 0) is 31.5 Å². The van der Waals surface area contributed by atoms with Gasteiger partial charge < -0.3 is 15.8 Å². The second kappa shape index (κ2) is 7.87. The number of benzene rings is 1. The zero-order valence-electron chi connectivity index (χ0n) is 11.7. The van der Waals surface area contributed by atoms with E-state index in [2.05, 4.69) is 5.32 Å². The molecule has 118 valence electrons. The SMILES string of the molecule is CC(N)CCC(=O)NCCOc1cccc(C(F)(F)F)c1. The fraction of sp³-hybridized carbons (Fsp3) is 0.500. The standard InChI is InChI=1S/C14H19F3N2O2/c1-10(18)5-6-13(20)19-7-8-21-12-4-2-3-11(9-12)14(15,16)17/h2-4,9-10H,5-8,18H2,1H3,(H,19,20). The van der Waals surface area contributed by atoms with Crippen LogP contribution in [0.25, 0.3) is 0 Å². The molecule has 3 N–H and O–H groups in total. The number of carbonyl (C=O) groups excluding carboxylic acids is 1. The highest BCUT2D eigenvalue weighted by Gasteiger charge is 2.30. The molecule has 7 heteroatoms. The van der Waals surface area contributed by atoms with Crippen molar-refractivity contribution in [3.8, 4) is 5.75 Å². The first kappa shape index (κ1) is 17.3. The van der Waals surface area contributed by atoms with Crippen molar-refractivity contribution in [2.45, 2.75) is 32.0 Å². The molecule has 0 bridgehead atoms. The van der Waals surface area contributed by atoms with Crippen LogP contribution in [0.3, 0.4) is 0 Å². The number of nitrogens with one attached hydrogen (secondary N) is 1. The molecule has 4 nitrogen and oxygen atoms in total. The zero-order chi connectivity index (χ0) is 15.9. The van der Waals surface area contributed by atoms with Crippen LogP contribution in [0.15, 0.2) is 24.3 Å². The van der Waals surface area contributed by atoms with Gasteiger partial charge in [-0.1, -0.05) is 6.07 Å². The van der Waals surface area contributed by atoms with Gasteiger partial charge >= 0.3 is 6.18 Å². The number of hydrogen-bond donors (Lipinski definition) is 2. The summed E-state index contributed by atoms with van der Waals surface area (Å²) >= 11 is 0. The van der Waals surface area contributed by atoms with E-state index in [1.54, 1.807) is 0 Å². The summed E-state index contributed by atoms with van der Waals surface area (Å²) in [6.45, 7) is 2.14. The van der Waals surface area contributed by atoms with Gasteiger partial charge in [0.05, 0.1) is 12.1 Å².